The lowest BCUT2D eigenvalue weighted by molar-refractivity contribution is -0.121. The Hall–Kier alpha value is -1.54. The molecule has 0 heterocycles. The van der Waals surface area contributed by atoms with Crippen molar-refractivity contribution in [2.75, 3.05) is 5.32 Å². The molecule has 4 nitrogen and oxygen atoms in total. The molecule has 0 bridgehead atoms. The zero-order chi connectivity index (χ0) is 13.1. The van der Waals surface area contributed by atoms with Crippen molar-refractivity contribution in [2.45, 2.75) is 31.8 Å². The molecular weight excluding hydrogens is 294 g/mol. The summed E-state index contributed by atoms with van der Waals surface area (Å²) >= 11 is 3.32. The monoisotopic (exact) mass is 307 g/mol. The molecule has 1 fully saturated rings. The number of hydrogen-bond acceptors (Lipinski definition) is 3. The third-order valence-corrected chi connectivity index (χ3v) is 3.45. The number of benzene rings is 1. The molecule has 94 valence electrons. The van der Waals surface area contributed by atoms with E-state index in [9.17, 15) is 4.79 Å². The van der Waals surface area contributed by atoms with Gasteiger partial charge in [-0.2, -0.15) is 5.26 Å². The van der Waals surface area contributed by atoms with E-state index in [1.165, 1.54) is 0 Å². The van der Waals surface area contributed by atoms with E-state index >= 15 is 0 Å². The standard InChI is InChI=1S/C13H14BrN3O/c1-8(13(18)17-10-4-5-10)16-11-3-2-9(7-15)12(14)6-11/h2-3,6,8,10,16H,4-5H2,1H3,(H,17,18). The molecule has 1 unspecified atom stereocenters. The Kier molecular flexibility index (Phi) is 3.87. The number of nitriles is 1. The first-order chi connectivity index (χ1) is 8.60. The lowest BCUT2D eigenvalue weighted by Crippen LogP contribution is -2.38. The lowest BCUT2D eigenvalue weighted by Gasteiger charge is -2.15. The average molecular weight is 308 g/mol. The van der Waals surface area contributed by atoms with Gasteiger partial charge in [0.2, 0.25) is 5.91 Å². The van der Waals surface area contributed by atoms with E-state index in [4.69, 9.17) is 5.26 Å². The van der Waals surface area contributed by atoms with Crippen LogP contribution in [0, 0.1) is 11.3 Å². The van der Waals surface area contributed by atoms with Gasteiger partial charge in [0.1, 0.15) is 12.1 Å². The molecule has 2 N–H and O–H groups in total. The van der Waals surface area contributed by atoms with Crippen molar-refractivity contribution < 1.29 is 4.79 Å². The van der Waals surface area contributed by atoms with Gasteiger partial charge in [-0.15, -0.1) is 0 Å². The minimum atomic E-state index is -0.287. The van der Waals surface area contributed by atoms with Crippen molar-refractivity contribution in [2.24, 2.45) is 0 Å². The SMILES string of the molecule is CC(Nc1ccc(C#N)c(Br)c1)C(=O)NC1CC1. The second kappa shape index (κ2) is 5.40. The van der Waals surface area contributed by atoms with Crippen molar-refractivity contribution in [3.8, 4) is 6.07 Å². The summed E-state index contributed by atoms with van der Waals surface area (Å²) in [5, 5.41) is 14.9. The number of anilines is 1. The van der Waals surface area contributed by atoms with Crippen LogP contribution in [0.1, 0.15) is 25.3 Å². The van der Waals surface area contributed by atoms with Gasteiger partial charge in [0.25, 0.3) is 0 Å². The second-order valence-corrected chi connectivity index (χ2v) is 5.31. The molecule has 0 aromatic heterocycles. The van der Waals surface area contributed by atoms with Gasteiger partial charge >= 0.3 is 0 Å². The van der Waals surface area contributed by atoms with E-state index in [1.807, 2.05) is 6.92 Å². The Labute approximate surface area is 115 Å². The molecule has 0 saturated heterocycles. The average Bonchev–Trinajstić information content (AvgIpc) is 3.13. The minimum Gasteiger partial charge on any atom is -0.374 e. The Bertz CT molecular complexity index is 505. The summed E-state index contributed by atoms with van der Waals surface area (Å²) in [4.78, 5) is 11.8. The predicted molar refractivity (Wildman–Crippen MR) is 73.1 cm³/mol. The van der Waals surface area contributed by atoms with Crippen LogP contribution in [0.2, 0.25) is 0 Å². The highest BCUT2D eigenvalue weighted by molar-refractivity contribution is 9.10. The molecule has 0 radical (unpaired) electrons. The molecule has 1 aromatic carbocycles. The van der Waals surface area contributed by atoms with E-state index < -0.39 is 0 Å². The van der Waals surface area contributed by atoms with E-state index in [0.717, 1.165) is 23.0 Å². The number of carbonyl (C=O) groups is 1. The van der Waals surface area contributed by atoms with Crippen molar-refractivity contribution in [1.29, 1.82) is 5.26 Å². The Morgan fingerprint density at radius 1 is 1.56 bits per heavy atom. The summed E-state index contributed by atoms with van der Waals surface area (Å²) in [6.07, 6.45) is 2.17. The first-order valence-electron chi connectivity index (χ1n) is 5.86. The molecule has 1 aliphatic carbocycles. The van der Waals surface area contributed by atoms with Crippen LogP contribution < -0.4 is 10.6 Å². The number of rotatable bonds is 4. The van der Waals surface area contributed by atoms with E-state index in [2.05, 4.69) is 32.6 Å². The molecule has 0 spiro atoms. The largest absolute Gasteiger partial charge is 0.374 e. The fourth-order valence-electron chi connectivity index (χ4n) is 1.56. The highest BCUT2D eigenvalue weighted by Crippen LogP contribution is 2.22. The molecule has 1 saturated carbocycles. The lowest BCUT2D eigenvalue weighted by atomic mass is 10.2. The van der Waals surface area contributed by atoms with Crippen molar-refractivity contribution >= 4 is 27.5 Å². The number of halogens is 1. The van der Waals surface area contributed by atoms with Crippen LogP contribution in [0.25, 0.3) is 0 Å². The number of nitrogens with one attached hydrogen (secondary N) is 2. The summed E-state index contributed by atoms with van der Waals surface area (Å²) in [5.74, 6) is 0.0120. The van der Waals surface area contributed by atoms with Gasteiger partial charge < -0.3 is 10.6 Å². The molecule has 1 amide bonds. The molecular formula is C13H14BrN3O. The van der Waals surface area contributed by atoms with Gasteiger partial charge in [-0.1, -0.05) is 0 Å². The molecule has 2 rings (SSSR count). The molecule has 1 aromatic rings. The zero-order valence-electron chi connectivity index (χ0n) is 10.0. The van der Waals surface area contributed by atoms with Crippen LogP contribution in [0.15, 0.2) is 22.7 Å². The van der Waals surface area contributed by atoms with Crippen LogP contribution >= 0.6 is 15.9 Å². The Balaban J connectivity index is 1.97. The number of carbonyl (C=O) groups excluding carboxylic acids is 1. The van der Waals surface area contributed by atoms with Crippen molar-refractivity contribution in [1.82, 2.24) is 5.32 Å². The van der Waals surface area contributed by atoms with Crippen LogP contribution in [0.3, 0.4) is 0 Å². The van der Waals surface area contributed by atoms with Crippen molar-refractivity contribution in [3.05, 3.63) is 28.2 Å². The molecule has 0 aliphatic heterocycles. The summed E-state index contributed by atoms with van der Waals surface area (Å²) in [6.45, 7) is 1.82. The normalized spacial score (nSPS) is 15.6. The maximum atomic E-state index is 11.8. The summed E-state index contributed by atoms with van der Waals surface area (Å²) in [5.41, 5.74) is 1.40. The van der Waals surface area contributed by atoms with E-state index in [1.54, 1.807) is 18.2 Å². The van der Waals surface area contributed by atoms with E-state index in [0.29, 0.717) is 11.6 Å². The third-order valence-electron chi connectivity index (χ3n) is 2.79. The summed E-state index contributed by atoms with van der Waals surface area (Å²) in [7, 11) is 0. The highest BCUT2D eigenvalue weighted by Gasteiger charge is 2.25. The number of hydrogen-bond donors (Lipinski definition) is 2. The van der Waals surface area contributed by atoms with Gasteiger partial charge in [-0.05, 0) is 53.9 Å². The quantitative estimate of drug-likeness (QED) is 0.897. The zero-order valence-corrected chi connectivity index (χ0v) is 11.6. The molecule has 1 atom stereocenters. The first kappa shape index (κ1) is 12.9. The van der Waals surface area contributed by atoms with Crippen LogP contribution in [0.4, 0.5) is 5.69 Å². The van der Waals surface area contributed by atoms with Gasteiger partial charge in [-0.25, -0.2) is 0 Å². The maximum Gasteiger partial charge on any atom is 0.242 e. The highest BCUT2D eigenvalue weighted by atomic mass is 79.9. The van der Waals surface area contributed by atoms with Gasteiger partial charge in [0, 0.05) is 16.2 Å². The first-order valence-corrected chi connectivity index (χ1v) is 6.66. The number of amides is 1. The number of nitrogens with zero attached hydrogens (tertiary/aromatic N) is 1. The molecule has 5 heteroatoms. The second-order valence-electron chi connectivity index (χ2n) is 4.46. The summed E-state index contributed by atoms with van der Waals surface area (Å²) in [6, 6.07) is 7.48. The maximum absolute atomic E-state index is 11.8. The van der Waals surface area contributed by atoms with Gasteiger partial charge in [0.05, 0.1) is 5.56 Å². The Morgan fingerprint density at radius 2 is 2.28 bits per heavy atom. The fraction of sp³-hybridized carbons (Fsp3) is 0.385. The van der Waals surface area contributed by atoms with Crippen molar-refractivity contribution in [3.63, 3.8) is 0 Å². The third kappa shape index (κ3) is 3.23. The smallest absolute Gasteiger partial charge is 0.242 e. The molecule has 18 heavy (non-hydrogen) atoms. The topological polar surface area (TPSA) is 64.9 Å². The van der Waals surface area contributed by atoms with Gasteiger partial charge in [0.15, 0.2) is 0 Å². The van der Waals surface area contributed by atoms with Crippen LogP contribution in [-0.2, 0) is 4.79 Å². The minimum absolute atomic E-state index is 0.0120. The van der Waals surface area contributed by atoms with Crippen LogP contribution in [-0.4, -0.2) is 18.0 Å². The molecule has 1 aliphatic rings. The summed E-state index contributed by atoms with van der Waals surface area (Å²) < 4.78 is 0.727. The van der Waals surface area contributed by atoms with Crippen LogP contribution in [0.5, 0.6) is 0 Å². The fourth-order valence-corrected chi connectivity index (χ4v) is 2.03. The van der Waals surface area contributed by atoms with E-state index in [-0.39, 0.29) is 11.9 Å². The van der Waals surface area contributed by atoms with Gasteiger partial charge in [-0.3, -0.25) is 4.79 Å². The predicted octanol–water partition coefficient (Wildman–Crippen LogP) is 2.40. The Morgan fingerprint density at radius 3 is 2.83 bits per heavy atom.